The lowest BCUT2D eigenvalue weighted by atomic mass is 10.3. The molecule has 7 nitrogen and oxygen atoms in total. The highest BCUT2D eigenvalue weighted by molar-refractivity contribution is 5.75. The molecule has 120 valence electrons. The molecule has 0 aliphatic rings. The van der Waals surface area contributed by atoms with Gasteiger partial charge in [-0.25, -0.2) is 9.18 Å². The molecule has 0 aliphatic heterocycles. The minimum Gasteiger partial charge on any atom is -0.493 e. The molecule has 2 aromatic rings. The van der Waals surface area contributed by atoms with Crippen molar-refractivity contribution in [3.63, 3.8) is 0 Å². The number of hydrogen-bond acceptors (Lipinski definition) is 6. The van der Waals surface area contributed by atoms with Crippen molar-refractivity contribution < 1.29 is 28.3 Å². The summed E-state index contributed by atoms with van der Waals surface area (Å²) < 4.78 is 27.9. The van der Waals surface area contributed by atoms with Gasteiger partial charge in [-0.3, -0.25) is 10.1 Å². The van der Waals surface area contributed by atoms with Crippen molar-refractivity contribution in [1.29, 1.82) is 0 Å². The highest BCUT2D eigenvalue weighted by atomic mass is 19.1. The number of halogens is 1. The second-order valence-electron chi connectivity index (χ2n) is 4.31. The van der Waals surface area contributed by atoms with Gasteiger partial charge in [0.05, 0.1) is 18.1 Å². The Morgan fingerprint density at radius 2 is 1.87 bits per heavy atom. The number of carbonyl (C=O) groups is 1. The van der Waals surface area contributed by atoms with Crippen LogP contribution in [-0.4, -0.2) is 24.6 Å². The van der Waals surface area contributed by atoms with Crippen LogP contribution >= 0.6 is 0 Å². The van der Waals surface area contributed by atoms with Crippen molar-refractivity contribution in [3.8, 4) is 17.2 Å². The molecule has 0 spiro atoms. The number of methoxy groups -OCH3 is 1. The molecule has 0 aliphatic carbocycles. The summed E-state index contributed by atoms with van der Waals surface area (Å²) in [6.07, 6.45) is 0. The van der Waals surface area contributed by atoms with Gasteiger partial charge in [0.1, 0.15) is 11.6 Å². The maximum atomic E-state index is 12.7. The standard InChI is InChI=1S/C15H12FNO6/c1-21-13-7-4-11(17(19)20)8-14(13)23-15(18)9-22-12-5-2-10(16)3-6-12/h2-8H,9H2,1H3. The van der Waals surface area contributed by atoms with Crippen LogP contribution in [0.1, 0.15) is 0 Å². The maximum absolute atomic E-state index is 12.7. The number of ether oxygens (including phenoxy) is 3. The molecule has 0 heterocycles. The molecule has 8 heteroatoms. The van der Waals surface area contributed by atoms with Crippen LogP contribution in [0.2, 0.25) is 0 Å². The number of rotatable bonds is 6. The van der Waals surface area contributed by atoms with E-state index in [1.54, 1.807) is 0 Å². The lowest BCUT2D eigenvalue weighted by Gasteiger charge is -2.09. The van der Waals surface area contributed by atoms with E-state index in [4.69, 9.17) is 14.2 Å². The zero-order chi connectivity index (χ0) is 16.8. The quantitative estimate of drug-likeness (QED) is 0.352. The summed E-state index contributed by atoms with van der Waals surface area (Å²) >= 11 is 0. The summed E-state index contributed by atoms with van der Waals surface area (Å²) in [5, 5.41) is 10.7. The number of nitrogens with zero attached hydrogens (tertiary/aromatic N) is 1. The largest absolute Gasteiger partial charge is 0.493 e. The van der Waals surface area contributed by atoms with Gasteiger partial charge in [0.15, 0.2) is 18.1 Å². The van der Waals surface area contributed by atoms with Crippen LogP contribution in [0.5, 0.6) is 17.2 Å². The first-order chi connectivity index (χ1) is 11.0. The highest BCUT2D eigenvalue weighted by Crippen LogP contribution is 2.31. The van der Waals surface area contributed by atoms with Crippen LogP contribution in [0.4, 0.5) is 10.1 Å². The molecule has 23 heavy (non-hydrogen) atoms. The maximum Gasteiger partial charge on any atom is 0.349 e. The number of non-ortho nitro benzene ring substituents is 1. The zero-order valence-corrected chi connectivity index (χ0v) is 12.0. The average Bonchev–Trinajstić information content (AvgIpc) is 2.54. The molecule has 0 atom stereocenters. The van der Waals surface area contributed by atoms with E-state index in [0.29, 0.717) is 0 Å². The monoisotopic (exact) mass is 321 g/mol. The van der Waals surface area contributed by atoms with E-state index in [1.807, 2.05) is 0 Å². The van der Waals surface area contributed by atoms with Crippen LogP contribution in [0, 0.1) is 15.9 Å². The van der Waals surface area contributed by atoms with Crippen molar-refractivity contribution in [3.05, 3.63) is 58.4 Å². The van der Waals surface area contributed by atoms with E-state index in [0.717, 1.165) is 6.07 Å². The predicted molar refractivity (Wildman–Crippen MR) is 77.2 cm³/mol. The van der Waals surface area contributed by atoms with Gasteiger partial charge in [0.25, 0.3) is 5.69 Å². The minimum atomic E-state index is -0.784. The summed E-state index contributed by atoms with van der Waals surface area (Å²) in [5.74, 6) is -0.844. The Morgan fingerprint density at radius 1 is 1.17 bits per heavy atom. The number of benzene rings is 2. The van der Waals surface area contributed by atoms with Gasteiger partial charge in [0.2, 0.25) is 0 Å². The molecule has 0 saturated heterocycles. The van der Waals surface area contributed by atoms with Crippen LogP contribution in [-0.2, 0) is 4.79 Å². The van der Waals surface area contributed by atoms with Crippen molar-refractivity contribution in [2.24, 2.45) is 0 Å². The Hall–Kier alpha value is -3.16. The lowest BCUT2D eigenvalue weighted by molar-refractivity contribution is -0.384. The highest BCUT2D eigenvalue weighted by Gasteiger charge is 2.16. The predicted octanol–water partition coefficient (Wildman–Crippen LogP) is 2.73. The Bertz CT molecular complexity index is 716. The summed E-state index contributed by atoms with van der Waals surface area (Å²) in [4.78, 5) is 21.9. The second-order valence-corrected chi connectivity index (χ2v) is 4.31. The van der Waals surface area contributed by atoms with Crippen molar-refractivity contribution >= 4 is 11.7 Å². The fraction of sp³-hybridized carbons (Fsp3) is 0.133. The van der Waals surface area contributed by atoms with Gasteiger partial charge in [-0.15, -0.1) is 0 Å². The lowest BCUT2D eigenvalue weighted by Crippen LogP contribution is -2.18. The molecule has 0 fully saturated rings. The summed E-state index contributed by atoms with van der Waals surface area (Å²) in [6, 6.07) is 8.71. The Kier molecular flexibility index (Phi) is 5.08. The van der Waals surface area contributed by atoms with E-state index in [1.165, 1.54) is 43.5 Å². The Labute approximate surface area is 130 Å². The van der Waals surface area contributed by atoms with E-state index < -0.39 is 23.3 Å². The summed E-state index contributed by atoms with van der Waals surface area (Å²) in [7, 11) is 1.34. The third-order valence-electron chi connectivity index (χ3n) is 2.75. The number of nitro benzene ring substituents is 1. The third kappa shape index (κ3) is 4.40. The second kappa shape index (κ2) is 7.21. The molecule has 0 aromatic heterocycles. The van der Waals surface area contributed by atoms with Gasteiger partial charge in [0, 0.05) is 6.07 Å². The summed E-state index contributed by atoms with van der Waals surface area (Å²) in [6.45, 7) is -0.447. The van der Waals surface area contributed by atoms with Gasteiger partial charge >= 0.3 is 5.97 Å². The average molecular weight is 321 g/mol. The molecule has 0 unspecified atom stereocenters. The van der Waals surface area contributed by atoms with Gasteiger partial charge in [-0.05, 0) is 30.3 Å². The normalized spacial score (nSPS) is 10.0. The van der Waals surface area contributed by atoms with Gasteiger partial charge < -0.3 is 14.2 Å². The topological polar surface area (TPSA) is 87.9 Å². The fourth-order valence-corrected chi connectivity index (χ4v) is 1.68. The molecule has 0 bridgehead atoms. The number of hydrogen-bond donors (Lipinski definition) is 0. The molecule has 0 radical (unpaired) electrons. The SMILES string of the molecule is COc1ccc([N+](=O)[O-])cc1OC(=O)COc1ccc(F)cc1. The minimum absolute atomic E-state index is 0.0885. The van der Waals surface area contributed by atoms with Crippen molar-refractivity contribution in [2.45, 2.75) is 0 Å². The van der Waals surface area contributed by atoms with Crippen LogP contribution in [0.3, 0.4) is 0 Å². The Morgan fingerprint density at radius 3 is 2.48 bits per heavy atom. The van der Waals surface area contributed by atoms with E-state index >= 15 is 0 Å². The van der Waals surface area contributed by atoms with E-state index in [2.05, 4.69) is 0 Å². The van der Waals surface area contributed by atoms with Crippen molar-refractivity contribution in [1.82, 2.24) is 0 Å². The first-order valence-electron chi connectivity index (χ1n) is 6.41. The molecule has 2 aromatic carbocycles. The number of nitro groups is 1. The fourth-order valence-electron chi connectivity index (χ4n) is 1.68. The molecule has 2 rings (SSSR count). The molecule has 0 amide bonds. The van der Waals surface area contributed by atoms with Crippen LogP contribution in [0.25, 0.3) is 0 Å². The third-order valence-corrected chi connectivity index (χ3v) is 2.75. The number of esters is 1. The Balaban J connectivity index is 2.02. The summed E-state index contributed by atoms with van der Waals surface area (Å²) in [5.41, 5.74) is -0.243. The molecule has 0 saturated carbocycles. The smallest absolute Gasteiger partial charge is 0.349 e. The number of carbonyl (C=O) groups excluding carboxylic acids is 1. The van der Waals surface area contributed by atoms with E-state index in [9.17, 15) is 19.3 Å². The van der Waals surface area contributed by atoms with E-state index in [-0.39, 0.29) is 22.9 Å². The zero-order valence-electron chi connectivity index (χ0n) is 12.0. The van der Waals surface area contributed by atoms with Gasteiger partial charge in [-0.1, -0.05) is 0 Å². The van der Waals surface area contributed by atoms with Crippen LogP contribution in [0.15, 0.2) is 42.5 Å². The van der Waals surface area contributed by atoms with Gasteiger partial charge in [-0.2, -0.15) is 0 Å². The first kappa shape index (κ1) is 16.2. The first-order valence-corrected chi connectivity index (χ1v) is 6.41. The van der Waals surface area contributed by atoms with Crippen LogP contribution < -0.4 is 14.2 Å². The van der Waals surface area contributed by atoms with Crippen molar-refractivity contribution in [2.75, 3.05) is 13.7 Å². The molecular weight excluding hydrogens is 309 g/mol. The molecular formula is C15H12FNO6. The molecule has 0 N–H and O–H groups in total.